The lowest BCUT2D eigenvalue weighted by Gasteiger charge is -2.43. The summed E-state index contributed by atoms with van der Waals surface area (Å²) in [6.07, 6.45) is 0.177. The van der Waals surface area contributed by atoms with Crippen LogP contribution in [0.2, 0.25) is 0 Å². The van der Waals surface area contributed by atoms with E-state index < -0.39 is 0 Å². The van der Waals surface area contributed by atoms with Crippen LogP contribution in [-0.4, -0.2) is 6.17 Å². The Balaban J connectivity index is 2.02. The van der Waals surface area contributed by atoms with Crippen LogP contribution in [0.15, 0.2) is 54.6 Å². The van der Waals surface area contributed by atoms with E-state index in [-0.39, 0.29) is 11.6 Å². The molecule has 0 radical (unpaired) electrons. The molecule has 0 N–H and O–H groups in total. The molecule has 2 nitrogen and oxygen atoms in total. The molecule has 1 aliphatic rings. The number of anilines is 4. The fourth-order valence-corrected chi connectivity index (χ4v) is 5.16. The summed E-state index contributed by atoms with van der Waals surface area (Å²) in [5.41, 5.74) is 11.8. The Morgan fingerprint density at radius 1 is 0.600 bits per heavy atom. The molecule has 1 atom stereocenters. The average molecular weight is 399 g/mol. The Bertz CT molecular complexity index is 1080. The molecule has 30 heavy (non-hydrogen) atoms. The monoisotopic (exact) mass is 398 g/mol. The summed E-state index contributed by atoms with van der Waals surface area (Å²) >= 11 is 0. The topological polar surface area (TPSA) is 6.48 Å². The van der Waals surface area contributed by atoms with Crippen molar-refractivity contribution < 1.29 is 0 Å². The molecule has 1 unspecified atom stereocenters. The number of fused-ring (bicyclic) bond motifs is 1. The van der Waals surface area contributed by atoms with Crippen LogP contribution in [0.4, 0.5) is 22.7 Å². The maximum atomic E-state index is 2.58. The third kappa shape index (κ3) is 3.29. The van der Waals surface area contributed by atoms with Gasteiger partial charge < -0.3 is 9.80 Å². The zero-order valence-corrected chi connectivity index (χ0v) is 19.7. The van der Waals surface area contributed by atoms with Crippen LogP contribution in [0.3, 0.4) is 0 Å². The van der Waals surface area contributed by atoms with Gasteiger partial charge in [0.25, 0.3) is 0 Å². The maximum Gasteiger partial charge on any atom is 0.116 e. The summed E-state index contributed by atoms with van der Waals surface area (Å²) in [5, 5.41) is 0. The van der Waals surface area contributed by atoms with Crippen LogP contribution in [0.5, 0.6) is 0 Å². The molecular formula is C28H34N2. The Hall–Kier alpha value is -2.74. The van der Waals surface area contributed by atoms with Crippen molar-refractivity contribution in [1.82, 2.24) is 0 Å². The van der Waals surface area contributed by atoms with Crippen molar-refractivity contribution in [3.05, 3.63) is 82.4 Å². The normalized spacial score (nSPS) is 16.2. The van der Waals surface area contributed by atoms with E-state index in [0.29, 0.717) is 0 Å². The van der Waals surface area contributed by atoms with Gasteiger partial charge in [-0.1, -0.05) is 68.3 Å². The molecule has 4 rings (SSSR count). The highest BCUT2D eigenvalue weighted by Gasteiger charge is 2.45. The van der Waals surface area contributed by atoms with Gasteiger partial charge in [-0.3, -0.25) is 0 Å². The van der Waals surface area contributed by atoms with Gasteiger partial charge in [-0.25, -0.2) is 0 Å². The van der Waals surface area contributed by atoms with Crippen molar-refractivity contribution >= 4 is 22.7 Å². The van der Waals surface area contributed by atoms with Gasteiger partial charge in [-0.15, -0.1) is 0 Å². The molecule has 156 valence electrons. The van der Waals surface area contributed by atoms with E-state index in [9.17, 15) is 0 Å². The fraction of sp³-hybridized carbons (Fsp3) is 0.357. The van der Waals surface area contributed by atoms with Gasteiger partial charge in [0.2, 0.25) is 0 Å². The predicted molar refractivity (Wildman–Crippen MR) is 131 cm³/mol. The molecule has 0 bridgehead atoms. The number of benzene rings is 3. The third-order valence-corrected chi connectivity index (χ3v) is 6.15. The van der Waals surface area contributed by atoms with Gasteiger partial charge in [0.05, 0.1) is 11.4 Å². The molecule has 0 spiro atoms. The minimum atomic E-state index is 0.0279. The van der Waals surface area contributed by atoms with Gasteiger partial charge >= 0.3 is 0 Å². The molecule has 0 aromatic heterocycles. The van der Waals surface area contributed by atoms with Crippen LogP contribution >= 0.6 is 0 Å². The Labute approximate surface area is 182 Å². The Morgan fingerprint density at radius 2 is 1.13 bits per heavy atom. The number of nitrogens with zero attached hydrogens (tertiary/aromatic N) is 2. The van der Waals surface area contributed by atoms with Crippen molar-refractivity contribution in [1.29, 1.82) is 0 Å². The predicted octanol–water partition coefficient (Wildman–Crippen LogP) is 7.89. The first-order valence-electron chi connectivity index (χ1n) is 10.9. The van der Waals surface area contributed by atoms with Gasteiger partial charge in [-0.05, 0) is 69.5 Å². The van der Waals surface area contributed by atoms with Gasteiger partial charge in [-0.2, -0.15) is 0 Å². The minimum absolute atomic E-state index is 0.0279. The van der Waals surface area contributed by atoms with Crippen LogP contribution in [-0.2, 0) is 0 Å². The largest absolute Gasteiger partial charge is 0.317 e. The minimum Gasteiger partial charge on any atom is -0.317 e. The second-order valence-electron chi connectivity index (χ2n) is 10.0. The molecule has 0 saturated heterocycles. The van der Waals surface area contributed by atoms with E-state index in [1.807, 2.05) is 0 Å². The van der Waals surface area contributed by atoms with Crippen LogP contribution in [0, 0.1) is 40.0 Å². The quantitative estimate of drug-likeness (QED) is 0.433. The Kier molecular flexibility index (Phi) is 4.92. The number of aryl methyl sites for hydroxylation is 5. The van der Waals surface area contributed by atoms with Crippen LogP contribution in [0.1, 0.15) is 48.6 Å². The molecule has 1 heterocycles. The van der Waals surface area contributed by atoms with E-state index in [1.165, 1.54) is 50.6 Å². The number of hydrogen-bond acceptors (Lipinski definition) is 2. The van der Waals surface area contributed by atoms with Gasteiger partial charge in [0.15, 0.2) is 0 Å². The SMILES string of the molecule is Cc1ccc(N2c3ccccc3N(c3c(C)cc(C)cc3C)C2C(C)(C)C)c(C)c1. The lowest BCUT2D eigenvalue weighted by molar-refractivity contribution is 0.329. The van der Waals surface area contributed by atoms with Gasteiger partial charge in [0.1, 0.15) is 6.17 Å². The summed E-state index contributed by atoms with van der Waals surface area (Å²) in [7, 11) is 0. The van der Waals surface area contributed by atoms with Crippen molar-refractivity contribution in [3.8, 4) is 0 Å². The summed E-state index contributed by atoms with van der Waals surface area (Å²) in [4.78, 5) is 5.14. The number of hydrogen-bond donors (Lipinski definition) is 0. The molecule has 0 amide bonds. The van der Waals surface area contributed by atoms with Crippen molar-refractivity contribution in [3.63, 3.8) is 0 Å². The smallest absolute Gasteiger partial charge is 0.116 e. The highest BCUT2D eigenvalue weighted by Crippen LogP contribution is 2.53. The lowest BCUT2D eigenvalue weighted by atomic mass is 9.89. The zero-order chi connectivity index (χ0) is 21.8. The zero-order valence-electron chi connectivity index (χ0n) is 19.7. The van der Waals surface area contributed by atoms with Crippen molar-refractivity contribution in [2.45, 2.75) is 61.6 Å². The highest BCUT2D eigenvalue weighted by atomic mass is 15.4. The summed E-state index contributed by atoms with van der Waals surface area (Å²) in [6, 6.07) is 20.3. The summed E-state index contributed by atoms with van der Waals surface area (Å²) in [6.45, 7) is 18.1. The van der Waals surface area contributed by atoms with Crippen molar-refractivity contribution in [2.24, 2.45) is 5.41 Å². The molecule has 2 heteroatoms. The van der Waals surface area contributed by atoms with E-state index in [1.54, 1.807) is 0 Å². The molecule has 0 aliphatic carbocycles. The number of rotatable bonds is 2. The second-order valence-corrected chi connectivity index (χ2v) is 10.0. The average Bonchev–Trinajstić information content (AvgIpc) is 2.96. The third-order valence-electron chi connectivity index (χ3n) is 6.15. The van der Waals surface area contributed by atoms with E-state index in [2.05, 4.69) is 120 Å². The first kappa shape index (κ1) is 20.5. The first-order valence-corrected chi connectivity index (χ1v) is 10.9. The van der Waals surface area contributed by atoms with Crippen LogP contribution in [0.25, 0.3) is 0 Å². The fourth-order valence-electron chi connectivity index (χ4n) is 5.16. The summed E-state index contributed by atoms with van der Waals surface area (Å²) < 4.78 is 0. The van der Waals surface area contributed by atoms with Crippen molar-refractivity contribution in [2.75, 3.05) is 9.80 Å². The standard InChI is InChI=1S/C28H34N2/c1-18-13-14-23(20(3)15-18)29-24-11-9-10-12-25(24)30(27(29)28(6,7)8)26-21(4)16-19(2)17-22(26)5/h9-17,27H,1-8H3. The van der Waals surface area contributed by atoms with E-state index in [0.717, 1.165) is 0 Å². The maximum absolute atomic E-state index is 2.58. The number of para-hydroxylation sites is 2. The Morgan fingerprint density at radius 3 is 1.67 bits per heavy atom. The summed E-state index contributed by atoms with van der Waals surface area (Å²) in [5.74, 6) is 0. The van der Waals surface area contributed by atoms with Gasteiger partial charge in [0, 0.05) is 16.8 Å². The van der Waals surface area contributed by atoms with E-state index in [4.69, 9.17) is 0 Å². The molecule has 1 aliphatic heterocycles. The molecule has 0 saturated carbocycles. The molecule has 3 aromatic rings. The molecule has 0 fully saturated rings. The second kappa shape index (κ2) is 7.19. The highest BCUT2D eigenvalue weighted by molar-refractivity contribution is 5.90. The molecule has 3 aromatic carbocycles. The molecular weight excluding hydrogens is 364 g/mol. The van der Waals surface area contributed by atoms with Crippen LogP contribution < -0.4 is 9.80 Å². The van der Waals surface area contributed by atoms with E-state index >= 15 is 0 Å². The lowest BCUT2D eigenvalue weighted by Crippen LogP contribution is -2.48. The first-order chi connectivity index (χ1) is 14.1.